The van der Waals surface area contributed by atoms with E-state index in [2.05, 4.69) is 76.2 Å². The van der Waals surface area contributed by atoms with Crippen molar-refractivity contribution >= 4 is 0 Å². The van der Waals surface area contributed by atoms with Crippen LogP contribution in [-0.4, -0.2) is 12.2 Å². The quantitative estimate of drug-likeness (QED) is 0.611. The van der Waals surface area contributed by atoms with Gasteiger partial charge in [0, 0.05) is 0 Å². The summed E-state index contributed by atoms with van der Waals surface area (Å²) < 4.78 is 6.14. The molecule has 23 heavy (non-hydrogen) atoms. The van der Waals surface area contributed by atoms with E-state index in [1.807, 2.05) is 0 Å². The molecular weight excluding hydrogens is 280 g/mol. The Hall–Kier alpha value is -1.60. The van der Waals surface area contributed by atoms with E-state index >= 15 is 0 Å². The highest BCUT2D eigenvalue weighted by atomic mass is 16.5. The molecule has 0 saturated heterocycles. The molecule has 2 atom stereocenters. The lowest BCUT2D eigenvalue weighted by atomic mass is 10.0. The van der Waals surface area contributed by atoms with Gasteiger partial charge in [-0.05, 0) is 64.5 Å². The molecule has 0 amide bonds. The third-order valence-electron chi connectivity index (χ3n) is 4.38. The average Bonchev–Trinajstić information content (AvgIpc) is 2.54. The van der Waals surface area contributed by atoms with Gasteiger partial charge in [0.15, 0.2) is 0 Å². The van der Waals surface area contributed by atoms with E-state index in [0.29, 0.717) is 12.2 Å². The first kappa shape index (κ1) is 17.7. The predicted octanol–water partition coefficient (Wildman–Crippen LogP) is 5.66. The van der Waals surface area contributed by atoms with E-state index in [1.54, 1.807) is 0 Å². The minimum Gasteiger partial charge on any atom is -0.376 e. The molecule has 2 aromatic carbocycles. The Bertz CT molecular complexity index is 514. The largest absolute Gasteiger partial charge is 0.376 e. The Labute approximate surface area is 141 Å². The monoisotopic (exact) mass is 310 g/mol. The van der Waals surface area contributed by atoms with Crippen molar-refractivity contribution in [1.29, 1.82) is 0 Å². The molecule has 2 unspecified atom stereocenters. The van der Waals surface area contributed by atoms with Crippen molar-refractivity contribution in [2.75, 3.05) is 0 Å². The zero-order valence-electron chi connectivity index (χ0n) is 15.0. The summed E-state index contributed by atoms with van der Waals surface area (Å²) in [4.78, 5) is 0. The topological polar surface area (TPSA) is 9.23 Å². The summed E-state index contributed by atoms with van der Waals surface area (Å²) in [6.07, 6.45) is 4.96. The van der Waals surface area contributed by atoms with Crippen molar-refractivity contribution in [3.05, 3.63) is 70.8 Å². The summed E-state index contributed by atoms with van der Waals surface area (Å²) >= 11 is 0. The fourth-order valence-corrected chi connectivity index (χ4v) is 2.78. The van der Waals surface area contributed by atoms with E-state index < -0.39 is 0 Å². The molecule has 2 rings (SSSR count). The molecule has 1 nitrogen and oxygen atoms in total. The minimum atomic E-state index is 0.310. The summed E-state index contributed by atoms with van der Waals surface area (Å²) in [6.45, 7) is 8.64. The zero-order chi connectivity index (χ0) is 16.7. The first-order chi connectivity index (χ1) is 11.0. The standard InChI is InChI=1S/C22H30O/c1-17-5-11-21(12-6-17)15-9-19(3)23-20(4)10-16-22-13-7-18(2)8-14-22/h5-8,11-14,19-20H,9-10,15-16H2,1-4H3. The first-order valence-corrected chi connectivity index (χ1v) is 8.79. The molecule has 0 fully saturated rings. The molecule has 0 aliphatic carbocycles. The number of hydrogen-bond donors (Lipinski definition) is 0. The van der Waals surface area contributed by atoms with Gasteiger partial charge in [-0.15, -0.1) is 0 Å². The van der Waals surface area contributed by atoms with Gasteiger partial charge in [0.2, 0.25) is 0 Å². The SMILES string of the molecule is Cc1ccc(CCC(C)OC(C)CCc2ccc(C)cc2)cc1. The van der Waals surface area contributed by atoms with Crippen molar-refractivity contribution in [3.8, 4) is 0 Å². The van der Waals surface area contributed by atoms with Crippen molar-refractivity contribution < 1.29 is 4.74 Å². The summed E-state index contributed by atoms with van der Waals surface area (Å²) in [6, 6.07) is 17.6. The van der Waals surface area contributed by atoms with Crippen LogP contribution in [-0.2, 0) is 17.6 Å². The van der Waals surface area contributed by atoms with Crippen LogP contribution in [0.15, 0.2) is 48.5 Å². The summed E-state index contributed by atoms with van der Waals surface area (Å²) in [5.41, 5.74) is 5.45. The highest BCUT2D eigenvalue weighted by Gasteiger charge is 2.09. The second-order valence-electron chi connectivity index (χ2n) is 6.81. The molecule has 2 aromatic rings. The lowest BCUT2D eigenvalue weighted by Gasteiger charge is -2.19. The molecule has 0 heterocycles. The average molecular weight is 310 g/mol. The highest BCUT2D eigenvalue weighted by molar-refractivity contribution is 5.22. The third-order valence-corrected chi connectivity index (χ3v) is 4.38. The van der Waals surface area contributed by atoms with Gasteiger partial charge in [0.1, 0.15) is 0 Å². The van der Waals surface area contributed by atoms with Gasteiger partial charge in [-0.25, -0.2) is 0 Å². The minimum absolute atomic E-state index is 0.310. The fraction of sp³-hybridized carbons (Fsp3) is 0.455. The molecule has 0 aromatic heterocycles. The summed E-state index contributed by atoms with van der Waals surface area (Å²) in [5.74, 6) is 0. The Morgan fingerprint density at radius 2 is 1.00 bits per heavy atom. The number of aryl methyl sites for hydroxylation is 4. The van der Waals surface area contributed by atoms with Gasteiger partial charge >= 0.3 is 0 Å². The second-order valence-corrected chi connectivity index (χ2v) is 6.81. The fourth-order valence-electron chi connectivity index (χ4n) is 2.78. The smallest absolute Gasteiger partial charge is 0.0553 e. The van der Waals surface area contributed by atoms with Crippen LogP contribution in [0.2, 0.25) is 0 Å². The molecule has 0 spiro atoms. The Morgan fingerprint density at radius 1 is 0.652 bits per heavy atom. The summed E-state index contributed by atoms with van der Waals surface area (Å²) in [5, 5.41) is 0. The predicted molar refractivity (Wildman–Crippen MR) is 99.0 cm³/mol. The van der Waals surface area contributed by atoms with Gasteiger partial charge in [-0.1, -0.05) is 59.7 Å². The molecule has 1 heteroatoms. The Kier molecular flexibility index (Phi) is 6.85. The van der Waals surface area contributed by atoms with Gasteiger partial charge in [0.25, 0.3) is 0 Å². The zero-order valence-corrected chi connectivity index (χ0v) is 15.0. The molecule has 0 aliphatic rings. The lowest BCUT2D eigenvalue weighted by Crippen LogP contribution is -2.18. The number of ether oxygens (including phenoxy) is 1. The molecule has 124 valence electrons. The highest BCUT2D eigenvalue weighted by Crippen LogP contribution is 2.14. The van der Waals surface area contributed by atoms with Crippen LogP contribution < -0.4 is 0 Å². The van der Waals surface area contributed by atoms with Gasteiger partial charge in [-0.2, -0.15) is 0 Å². The maximum atomic E-state index is 6.14. The first-order valence-electron chi connectivity index (χ1n) is 8.79. The van der Waals surface area contributed by atoms with Crippen LogP contribution in [0.5, 0.6) is 0 Å². The molecule has 0 saturated carbocycles. The molecular formula is C22H30O. The van der Waals surface area contributed by atoms with E-state index in [-0.39, 0.29) is 0 Å². The van der Waals surface area contributed by atoms with Crippen molar-refractivity contribution in [2.45, 2.75) is 65.6 Å². The molecule has 0 N–H and O–H groups in total. The van der Waals surface area contributed by atoms with E-state index in [9.17, 15) is 0 Å². The molecule has 0 aliphatic heterocycles. The van der Waals surface area contributed by atoms with Crippen LogP contribution in [0.4, 0.5) is 0 Å². The third kappa shape index (κ3) is 6.58. The van der Waals surface area contributed by atoms with Crippen LogP contribution >= 0.6 is 0 Å². The Morgan fingerprint density at radius 3 is 1.35 bits per heavy atom. The molecule has 0 radical (unpaired) electrons. The number of rotatable bonds is 8. The van der Waals surface area contributed by atoms with Crippen LogP contribution in [0, 0.1) is 13.8 Å². The van der Waals surface area contributed by atoms with Crippen LogP contribution in [0.25, 0.3) is 0 Å². The van der Waals surface area contributed by atoms with Crippen molar-refractivity contribution in [1.82, 2.24) is 0 Å². The number of benzene rings is 2. The van der Waals surface area contributed by atoms with Gasteiger partial charge in [-0.3, -0.25) is 0 Å². The van der Waals surface area contributed by atoms with E-state index in [1.165, 1.54) is 22.3 Å². The Balaban J connectivity index is 1.68. The number of hydrogen-bond acceptors (Lipinski definition) is 1. The summed E-state index contributed by atoms with van der Waals surface area (Å²) in [7, 11) is 0. The van der Waals surface area contributed by atoms with Crippen molar-refractivity contribution in [2.24, 2.45) is 0 Å². The van der Waals surface area contributed by atoms with Crippen LogP contribution in [0.1, 0.15) is 48.9 Å². The second kappa shape index (κ2) is 8.88. The maximum Gasteiger partial charge on any atom is 0.0553 e. The van der Waals surface area contributed by atoms with Crippen LogP contribution in [0.3, 0.4) is 0 Å². The van der Waals surface area contributed by atoms with Gasteiger partial charge < -0.3 is 4.74 Å². The lowest BCUT2D eigenvalue weighted by molar-refractivity contribution is 0.000479. The van der Waals surface area contributed by atoms with Crippen molar-refractivity contribution in [3.63, 3.8) is 0 Å². The normalized spacial score (nSPS) is 13.7. The van der Waals surface area contributed by atoms with Gasteiger partial charge in [0.05, 0.1) is 12.2 Å². The van der Waals surface area contributed by atoms with E-state index in [4.69, 9.17) is 4.74 Å². The maximum absolute atomic E-state index is 6.14. The molecule has 0 bridgehead atoms. The van der Waals surface area contributed by atoms with E-state index in [0.717, 1.165) is 25.7 Å².